The Morgan fingerprint density at radius 1 is 0.952 bits per heavy atom. The molecule has 1 unspecified atom stereocenters. The highest BCUT2D eigenvalue weighted by molar-refractivity contribution is 7.91. The second kappa shape index (κ2) is 16.5. The summed E-state index contributed by atoms with van der Waals surface area (Å²) in [6.45, 7) is 3.93. The maximum absolute atomic E-state index is 15.1. The predicted molar refractivity (Wildman–Crippen MR) is 227 cm³/mol. The Kier molecular flexibility index (Phi) is 11.2. The van der Waals surface area contributed by atoms with Gasteiger partial charge < -0.3 is 29.7 Å². The van der Waals surface area contributed by atoms with Gasteiger partial charge in [0.15, 0.2) is 0 Å². The van der Waals surface area contributed by atoms with Crippen LogP contribution < -0.4 is 24.8 Å². The zero-order valence-corrected chi connectivity index (χ0v) is 36.0. The van der Waals surface area contributed by atoms with Gasteiger partial charge in [0.2, 0.25) is 27.7 Å². The molecule has 330 valence electrons. The number of nitrogens with one attached hydrogen (secondary N) is 3. The number of nitrogens with zero attached hydrogens (tertiary/aromatic N) is 2. The highest BCUT2D eigenvalue weighted by Crippen LogP contribution is 2.52. The lowest BCUT2D eigenvalue weighted by molar-refractivity contribution is -0.142. The molecule has 2 aliphatic heterocycles. The number of halogens is 1. The molecule has 0 radical (unpaired) electrons. The SMILES string of the molecule is COc1ccc2c(O[C@@H]3C[C@H]4C(=O)N[C@]5(C(=O)NS(=O)(=O)C6CC6)C[C@H]5/C=C\CC[C@H](C)C[C@@H](C)[C@H](NC(=O)OC5C[C@@H]6C[C@@H]6C5)C(=O)N4C3)nc(-c3ccc(F)cc3)cc2c1. The first-order valence-corrected chi connectivity index (χ1v) is 23.5. The normalized spacial score (nSPS) is 32.5. The standard InChI is InChI=1S/C46H54FN5O9S/c1-25-6-4-5-7-31-23-46(31,44(55)51-62(57,58)36-13-14-36)50-41(53)39-22-35(24-52(39)43(54)40(26(2)16-25)49-45(56)61-34-18-28-17-29(28)19-34)60-42-37-15-12-33(59-3)20-30(37)21-38(48-42)27-8-10-32(47)11-9-27/h5,7-12,15,20-21,25-26,28-29,31,34-36,39-40H,4,6,13-14,16-19,22-24H2,1-3H3,(H,49,56)(H,50,53)(H,51,55)/b7-5-/t25-,26+,28-,29+,31+,34?,35+,39-,40-,46+/m0/s1. The van der Waals surface area contributed by atoms with Crippen LogP contribution in [0.3, 0.4) is 0 Å². The van der Waals surface area contributed by atoms with Crippen molar-refractivity contribution in [1.82, 2.24) is 25.2 Å². The molecule has 3 heterocycles. The van der Waals surface area contributed by atoms with E-state index >= 15 is 4.79 Å². The first kappa shape index (κ1) is 42.1. The van der Waals surface area contributed by atoms with Gasteiger partial charge in [-0.1, -0.05) is 26.0 Å². The second-order valence-electron chi connectivity index (χ2n) is 18.5. The van der Waals surface area contributed by atoms with Crippen LogP contribution in [-0.2, 0) is 29.1 Å². The van der Waals surface area contributed by atoms with E-state index in [0.717, 1.165) is 31.1 Å². The Balaban J connectivity index is 1.05. The number of hydrogen-bond donors (Lipinski definition) is 3. The van der Waals surface area contributed by atoms with Crippen LogP contribution in [-0.4, -0.2) is 90.9 Å². The van der Waals surface area contributed by atoms with Crippen LogP contribution in [0.25, 0.3) is 22.0 Å². The lowest BCUT2D eigenvalue weighted by atomic mass is 9.88. The number of ether oxygens (including phenoxy) is 3. The maximum atomic E-state index is 15.1. The Morgan fingerprint density at radius 2 is 1.71 bits per heavy atom. The molecule has 1 saturated heterocycles. The van der Waals surface area contributed by atoms with Crippen LogP contribution in [0.5, 0.6) is 11.6 Å². The van der Waals surface area contributed by atoms with Crippen molar-refractivity contribution in [1.29, 1.82) is 0 Å². The fourth-order valence-corrected chi connectivity index (χ4v) is 11.3. The molecule has 9 rings (SSSR count). The van der Waals surface area contributed by atoms with Crippen molar-refractivity contribution in [2.24, 2.45) is 29.6 Å². The van der Waals surface area contributed by atoms with Gasteiger partial charge in [0.05, 0.1) is 24.6 Å². The van der Waals surface area contributed by atoms with Gasteiger partial charge in [-0.3, -0.25) is 19.1 Å². The molecule has 10 atom stereocenters. The van der Waals surface area contributed by atoms with Gasteiger partial charge in [0, 0.05) is 23.3 Å². The molecule has 3 N–H and O–H groups in total. The molecule has 62 heavy (non-hydrogen) atoms. The van der Waals surface area contributed by atoms with Crippen molar-refractivity contribution in [3.63, 3.8) is 0 Å². The zero-order valence-electron chi connectivity index (χ0n) is 35.2. The molecule has 5 fully saturated rings. The third kappa shape index (κ3) is 8.71. The van der Waals surface area contributed by atoms with E-state index in [2.05, 4.69) is 22.3 Å². The van der Waals surface area contributed by atoms with Crippen molar-refractivity contribution in [2.75, 3.05) is 13.7 Å². The Bertz CT molecular complexity index is 2400. The van der Waals surface area contributed by atoms with E-state index in [9.17, 15) is 27.2 Å². The largest absolute Gasteiger partial charge is 0.497 e. The van der Waals surface area contributed by atoms with Gasteiger partial charge >= 0.3 is 6.09 Å². The molecule has 16 heteroatoms. The summed E-state index contributed by atoms with van der Waals surface area (Å²) in [7, 11) is -2.38. The van der Waals surface area contributed by atoms with E-state index in [0.29, 0.717) is 59.9 Å². The Morgan fingerprint density at radius 3 is 2.44 bits per heavy atom. The fourth-order valence-electron chi connectivity index (χ4n) is 9.91. The molecule has 4 aliphatic carbocycles. The number of pyridine rings is 1. The lowest BCUT2D eigenvalue weighted by Crippen LogP contribution is -2.59. The third-order valence-corrected chi connectivity index (χ3v) is 15.6. The Hall–Kier alpha value is -5.25. The van der Waals surface area contributed by atoms with Crippen LogP contribution in [0.1, 0.15) is 78.1 Å². The average molecular weight is 872 g/mol. The van der Waals surface area contributed by atoms with Crippen LogP contribution in [0, 0.1) is 35.4 Å². The number of sulfonamides is 1. The summed E-state index contributed by atoms with van der Waals surface area (Å²) in [5, 5.41) is 6.53. The summed E-state index contributed by atoms with van der Waals surface area (Å²) in [4.78, 5) is 63.6. The minimum absolute atomic E-state index is 0.0109. The first-order valence-electron chi connectivity index (χ1n) is 21.9. The summed E-state index contributed by atoms with van der Waals surface area (Å²) < 4.78 is 60.3. The Labute approximate surface area is 360 Å². The van der Waals surface area contributed by atoms with Crippen LogP contribution in [0.4, 0.5) is 9.18 Å². The summed E-state index contributed by atoms with van der Waals surface area (Å²) in [6, 6.07) is 10.9. The van der Waals surface area contributed by atoms with Gasteiger partial charge in [-0.15, -0.1) is 0 Å². The third-order valence-electron chi connectivity index (χ3n) is 13.8. The van der Waals surface area contributed by atoms with Crippen molar-refractivity contribution in [3.8, 4) is 22.9 Å². The van der Waals surface area contributed by atoms with Crippen molar-refractivity contribution < 1.29 is 46.2 Å². The van der Waals surface area contributed by atoms with E-state index in [1.165, 1.54) is 17.0 Å². The number of carbonyl (C=O) groups excluding carboxylic acids is 4. The number of amides is 4. The predicted octanol–water partition coefficient (Wildman–Crippen LogP) is 5.79. The highest BCUT2D eigenvalue weighted by Gasteiger charge is 2.62. The molecule has 4 amide bonds. The molecule has 14 nitrogen and oxygen atoms in total. The molecule has 2 aromatic carbocycles. The minimum atomic E-state index is -3.94. The first-order chi connectivity index (χ1) is 29.7. The van der Waals surface area contributed by atoms with Crippen molar-refractivity contribution in [2.45, 2.75) is 113 Å². The summed E-state index contributed by atoms with van der Waals surface area (Å²) in [6.07, 6.45) is 8.01. The topological polar surface area (TPSA) is 182 Å². The van der Waals surface area contributed by atoms with E-state index in [1.807, 2.05) is 31.2 Å². The number of aromatic nitrogens is 1. The lowest BCUT2D eigenvalue weighted by Gasteiger charge is -2.33. The quantitative estimate of drug-likeness (QED) is 0.223. The molecule has 4 saturated carbocycles. The van der Waals surface area contributed by atoms with Gasteiger partial charge in [0.1, 0.15) is 41.4 Å². The molecular weight excluding hydrogens is 818 g/mol. The van der Waals surface area contributed by atoms with Gasteiger partial charge in [-0.25, -0.2) is 22.6 Å². The van der Waals surface area contributed by atoms with Gasteiger partial charge in [-0.05, 0) is 135 Å². The van der Waals surface area contributed by atoms with Crippen molar-refractivity contribution >= 4 is 44.6 Å². The van der Waals surface area contributed by atoms with E-state index < -0.39 is 74.5 Å². The molecular formula is C46H54FN5O9S. The van der Waals surface area contributed by atoms with Gasteiger partial charge in [-0.2, -0.15) is 0 Å². The maximum Gasteiger partial charge on any atom is 0.408 e. The number of fused-ring (bicyclic) bond motifs is 4. The van der Waals surface area contributed by atoms with E-state index in [-0.39, 0.29) is 43.2 Å². The highest BCUT2D eigenvalue weighted by atomic mass is 32.2. The van der Waals surface area contributed by atoms with Gasteiger partial charge in [0.25, 0.3) is 5.91 Å². The van der Waals surface area contributed by atoms with Crippen LogP contribution in [0.15, 0.2) is 60.7 Å². The van der Waals surface area contributed by atoms with Crippen molar-refractivity contribution in [3.05, 3.63) is 66.5 Å². The van der Waals surface area contributed by atoms with E-state index in [1.54, 1.807) is 31.4 Å². The minimum Gasteiger partial charge on any atom is -0.497 e. The molecule has 1 aromatic heterocycles. The smallest absolute Gasteiger partial charge is 0.408 e. The zero-order chi connectivity index (χ0) is 43.5. The molecule has 6 aliphatic rings. The molecule has 3 aromatic rings. The number of carbonyl (C=O) groups is 4. The van der Waals surface area contributed by atoms with Crippen LogP contribution >= 0.6 is 0 Å². The molecule has 0 spiro atoms. The van der Waals surface area contributed by atoms with E-state index in [4.69, 9.17) is 19.2 Å². The number of methoxy groups -OCH3 is 1. The number of alkyl carbamates (subject to hydrolysis) is 1. The number of hydrogen-bond acceptors (Lipinski definition) is 10. The van der Waals surface area contributed by atoms with Crippen LogP contribution in [0.2, 0.25) is 0 Å². The number of rotatable bonds is 9. The summed E-state index contributed by atoms with van der Waals surface area (Å²) in [5.74, 6) is -1.07. The fraction of sp³-hybridized carbons (Fsp3) is 0.543. The molecule has 0 bridgehead atoms. The summed E-state index contributed by atoms with van der Waals surface area (Å²) >= 11 is 0. The second-order valence-corrected chi connectivity index (χ2v) is 20.5. The number of benzene rings is 2. The monoisotopic (exact) mass is 871 g/mol. The average Bonchev–Trinajstić information content (AvgIpc) is 4.20. The summed E-state index contributed by atoms with van der Waals surface area (Å²) in [5.41, 5.74) is -0.422. The number of allylic oxidation sites excluding steroid dienone is 1.